The number of carbonyl (C=O) groups excluding carboxylic acids is 2. The third-order valence-corrected chi connectivity index (χ3v) is 5.29. The third-order valence-electron chi connectivity index (χ3n) is 4.25. The Morgan fingerprint density at radius 1 is 1.15 bits per heavy atom. The predicted molar refractivity (Wildman–Crippen MR) is 104 cm³/mol. The van der Waals surface area contributed by atoms with Crippen molar-refractivity contribution in [1.82, 2.24) is 10.3 Å². The van der Waals surface area contributed by atoms with Crippen LogP contribution in [0.25, 0.3) is 10.2 Å². The normalized spacial score (nSPS) is 14.0. The number of carbonyl (C=O) groups is 2. The summed E-state index contributed by atoms with van der Waals surface area (Å²) in [7, 11) is 0. The Labute approximate surface area is 154 Å². The highest BCUT2D eigenvalue weighted by Crippen LogP contribution is 2.29. The summed E-state index contributed by atoms with van der Waals surface area (Å²) in [4.78, 5) is 30.5. The fourth-order valence-electron chi connectivity index (χ4n) is 3.04. The van der Waals surface area contributed by atoms with Gasteiger partial charge in [0.05, 0.1) is 28.1 Å². The highest BCUT2D eigenvalue weighted by Gasteiger charge is 2.24. The molecule has 2 heterocycles. The molecule has 1 aromatic heterocycles. The van der Waals surface area contributed by atoms with Crippen LogP contribution >= 0.6 is 11.3 Å². The van der Waals surface area contributed by atoms with Gasteiger partial charge in [0.15, 0.2) is 0 Å². The number of amides is 3. The summed E-state index contributed by atoms with van der Waals surface area (Å²) in [5, 5.41) is 6.53. The van der Waals surface area contributed by atoms with Crippen LogP contribution in [0.4, 0.5) is 16.2 Å². The van der Waals surface area contributed by atoms with E-state index in [1.807, 2.05) is 42.5 Å². The van der Waals surface area contributed by atoms with Gasteiger partial charge in [0.1, 0.15) is 5.01 Å². The molecular weight excluding hydrogens is 348 g/mol. The largest absolute Gasteiger partial charge is 0.331 e. The van der Waals surface area contributed by atoms with Crippen LogP contribution in [0.5, 0.6) is 0 Å². The van der Waals surface area contributed by atoms with Crippen LogP contribution in [0.1, 0.15) is 17.8 Å². The molecule has 0 unspecified atom stereocenters. The van der Waals surface area contributed by atoms with Gasteiger partial charge >= 0.3 is 6.03 Å². The van der Waals surface area contributed by atoms with E-state index in [1.54, 1.807) is 22.3 Å². The Morgan fingerprint density at radius 2 is 1.96 bits per heavy atom. The molecule has 0 atom stereocenters. The lowest BCUT2D eigenvalue weighted by molar-refractivity contribution is -0.117. The van der Waals surface area contributed by atoms with Crippen LogP contribution in [0, 0.1) is 0 Å². The Kier molecular flexibility index (Phi) is 4.53. The molecule has 0 bridgehead atoms. The molecular formula is C19H18N4O2S. The molecule has 3 amide bonds. The van der Waals surface area contributed by atoms with Gasteiger partial charge in [-0.25, -0.2) is 9.78 Å². The van der Waals surface area contributed by atoms with Crippen molar-refractivity contribution < 1.29 is 9.59 Å². The van der Waals surface area contributed by atoms with Gasteiger partial charge in [0.25, 0.3) is 0 Å². The SMILES string of the molecule is O=C(NCc1nc2ccccc2s1)Nc1ccccc1N1CCCC1=O. The van der Waals surface area contributed by atoms with Gasteiger partial charge in [-0.2, -0.15) is 0 Å². The highest BCUT2D eigenvalue weighted by atomic mass is 32.1. The van der Waals surface area contributed by atoms with Crippen molar-refractivity contribution in [2.24, 2.45) is 0 Å². The van der Waals surface area contributed by atoms with Gasteiger partial charge in [0, 0.05) is 13.0 Å². The lowest BCUT2D eigenvalue weighted by atomic mass is 10.2. The molecule has 0 aliphatic carbocycles. The van der Waals surface area contributed by atoms with Crippen molar-refractivity contribution >= 4 is 44.9 Å². The van der Waals surface area contributed by atoms with Crippen LogP contribution in [0.3, 0.4) is 0 Å². The number of hydrogen-bond acceptors (Lipinski definition) is 4. The van der Waals surface area contributed by atoms with E-state index < -0.39 is 0 Å². The molecule has 1 saturated heterocycles. The number of anilines is 2. The monoisotopic (exact) mass is 366 g/mol. The molecule has 2 aromatic carbocycles. The molecule has 0 spiro atoms. The molecule has 26 heavy (non-hydrogen) atoms. The van der Waals surface area contributed by atoms with Gasteiger partial charge in [-0.05, 0) is 30.7 Å². The summed E-state index contributed by atoms with van der Waals surface area (Å²) < 4.78 is 1.10. The van der Waals surface area contributed by atoms with Crippen molar-refractivity contribution in [1.29, 1.82) is 0 Å². The standard InChI is InChI=1S/C19H18N4O2S/c24-18-10-5-11-23(18)15-8-3-1-6-13(15)22-19(25)20-12-17-21-14-7-2-4-9-16(14)26-17/h1-4,6-9H,5,10-12H2,(H2,20,22,25). The molecule has 1 fully saturated rings. The van der Waals surface area contributed by atoms with Gasteiger partial charge in [-0.15, -0.1) is 11.3 Å². The highest BCUT2D eigenvalue weighted by molar-refractivity contribution is 7.18. The van der Waals surface area contributed by atoms with E-state index in [0.29, 0.717) is 25.2 Å². The van der Waals surface area contributed by atoms with Gasteiger partial charge in [-0.1, -0.05) is 24.3 Å². The van der Waals surface area contributed by atoms with Gasteiger partial charge in [0.2, 0.25) is 5.91 Å². The molecule has 1 aliphatic heterocycles. The summed E-state index contributed by atoms with van der Waals surface area (Å²) in [5.41, 5.74) is 2.31. The van der Waals surface area contributed by atoms with E-state index in [9.17, 15) is 9.59 Å². The molecule has 1 aliphatic rings. The lowest BCUT2D eigenvalue weighted by Crippen LogP contribution is -2.30. The second kappa shape index (κ2) is 7.13. The molecule has 4 rings (SSSR count). The van der Waals surface area contributed by atoms with Crippen molar-refractivity contribution in [2.75, 3.05) is 16.8 Å². The zero-order chi connectivity index (χ0) is 17.9. The topological polar surface area (TPSA) is 74.3 Å². The maximum atomic E-state index is 12.3. The minimum Gasteiger partial charge on any atom is -0.331 e. The quantitative estimate of drug-likeness (QED) is 0.739. The maximum absolute atomic E-state index is 12.3. The first kappa shape index (κ1) is 16.5. The number of thiazole rings is 1. The van der Waals surface area contributed by atoms with E-state index in [-0.39, 0.29) is 11.9 Å². The molecule has 0 saturated carbocycles. The first-order chi connectivity index (χ1) is 12.7. The van der Waals surface area contributed by atoms with E-state index in [4.69, 9.17) is 0 Å². The van der Waals surface area contributed by atoms with E-state index in [0.717, 1.165) is 27.3 Å². The maximum Gasteiger partial charge on any atom is 0.319 e. The van der Waals surface area contributed by atoms with Crippen LogP contribution in [-0.2, 0) is 11.3 Å². The van der Waals surface area contributed by atoms with Crippen LogP contribution in [0.15, 0.2) is 48.5 Å². The number of nitrogens with zero attached hydrogens (tertiary/aromatic N) is 2. The fraction of sp³-hybridized carbons (Fsp3) is 0.211. The minimum atomic E-state index is -0.316. The number of benzene rings is 2. The summed E-state index contributed by atoms with van der Waals surface area (Å²) in [6.07, 6.45) is 1.40. The van der Waals surface area contributed by atoms with Crippen molar-refractivity contribution in [3.05, 3.63) is 53.5 Å². The van der Waals surface area contributed by atoms with Crippen LogP contribution < -0.4 is 15.5 Å². The first-order valence-electron chi connectivity index (χ1n) is 8.49. The molecule has 6 nitrogen and oxygen atoms in total. The van der Waals surface area contributed by atoms with Crippen LogP contribution in [0.2, 0.25) is 0 Å². The number of fused-ring (bicyclic) bond motifs is 1. The van der Waals surface area contributed by atoms with Crippen molar-refractivity contribution in [3.63, 3.8) is 0 Å². The van der Waals surface area contributed by atoms with Crippen LogP contribution in [-0.4, -0.2) is 23.5 Å². The second-order valence-electron chi connectivity index (χ2n) is 6.05. The van der Waals surface area contributed by atoms with Crippen molar-refractivity contribution in [2.45, 2.75) is 19.4 Å². The average molecular weight is 366 g/mol. The Bertz CT molecular complexity index is 936. The Morgan fingerprint density at radius 3 is 2.77 bits per heavy atom. The molecule has 2 N–H and O–H groups in total. The average Bonchev–Trinajstić information content (AvgIpc) is 3.26. The summed E-state index contributed by atoms with van der Waals surface area (Å²) in [6.45, 7) is 1.04. The number of aromatic nitrogens is 1. The van der Waals surface area contributed by atoms with Crippen molar-refractivity contribution in [3.8, 4) is 0 Å². The molecule has 7 heteroatoms. The summed E-state index contributed by atoms with van der Waals surface area (Å²) in [6, 6.07) is 14.9. The van der Waals surface area contributed by atoms with E-state index >= 15 is 0 Å². The second-order valence-corrected chi connectivity index (χ2v) is 7.16. The Hall–Kier alpha value is -2.93. The van der Waals surface area contributed by atoms with E-state index in [1.165, 1.54) is 0 Å². The minimum absolute atomic E-state index is 0.0918. The lowest BCUT2D eigenvalue weighted by Gasteiger charge is -2.20. The third kappa shape index (κ3) is 3.39. The zero-order valence-corrected chi connectivity index (χ0v) is 14.9. The predicted octanol–water partition coefficient (Wildman–Crippen LogP) is 3.74. The summed E-state index contributed by atoms with van der Waals surface area (Å²) in [5.74, 6) is 0.0918. The number of para-hydroxylation sites is 3. The summed E-state index contributed by atoms with van der Waals surface area (Å²) >= 11 is 1.56. The molecule has 0 radical (unpaired) electrons. The number of rotatable bonds is 4. The fourth-order valence-corrected chi connectivity index (χ4v) is 3.94. The number of nitrogens with one attached hydrogen (secondary N) is 2. The molecule has 3 aromatic rings. The van der Waals surface area contributed by atoms with E-state index in [2.05, 4.69) is 15.6 Å². The smallest absolute Gasteiger partial charge is 0.319 e. The molecule has 132 valence electrons. The Balaban J connectivity index is 1.43. The van der Waals surface area contributed by atoms with Gasteiger partial charge < -0.3 is 15.5 Å². The number of urea groups is 1. The first-order valence-corrected chi connectivity index (χ1v) is 9.31. The number of hydrogen-bond donors (Lipinski definition) is 2. The van der Waals surface area contributed by atoms with Gasteiger partial charge in [-0.3, -0.25) is 4.79 Å². The zero-order valence-electron chi connectivity index (χ0n) is 14.1.